The SMILES string of the molecule is CC(C)(C)OC(=O)/C=C1/CCC(O)C(c2ccc(F)c(OCc3ccc(Cl)cc3F)c2)CC1. The van der Waals surface area contributed by atoms with Gasteiger partial charge in [-0.05, 0) is 76.3 Å². The Hall–Kier alpha value is -2.44. The Labute approximate surface area is 198 Å². The van der Waals surface area contributed by atoms with Gasteiger partial charge < -0.3 is 14.6 Å². The van der Waals surface area contributed by atoms with Crippen molar-refractivity contribution in [2.24, 2.45) is 0 Å². The summed E-state index contributed by atoms with van der Waals surface area (Å²) >= 11 is 5.77. The van der Waals surface area contributed by atoms with Gasteiger partial charge in [0.2, 0.25) is 0 Å². The molecular formula is C26H29ClF2O4. The minimum absolute atomic E-state index is 0.0113. The first-order chi connectivity index (χ1) is 15.5. The lowest BCUT2D eigenvalue weighted by atomic mass is 9.89. The predicted molar refractivity (Wildman–Crippen MR) is 123 cm³/mol. The molecular weight excluding hydrogens is 450 g/mol. The lowest BCUT2D eigenvalue weighted by Crippen LogP contribution is -2.22. The molecule has 0 aromatic heterocycles. The Morgan fingerprint density at radius 1 is 1.12 bits per heavy atom. The van der Waals surface area contributed by atoms with Crippen LogP contribution in [0.25, 0.3) is 0 Å². The highest BCUT2D eigenvalue weighted by Gasteiger charge is 2.26. The maximum Gasteiger partial charge on any atom is 0.331 e. The number of benzene rings is 2. The highest BCUT2D eigenvalue weighted by atomic mass is 35.5. The van der Waals surface area contributed by atoms with Gasteiger partial charge in [0.05, 0.1) is 6.10 Å². The summed E-state index contributed by atoms with van der Waals surface area (Å²) in [5, 5.41) is 11.0. The zero-order valence-corrected chi connectivity index (χ0v) is 19.8. The molecule has 4 nitrogen and oxygen atoms in total. The van der Waals surface area contributed by atoms with E-state index in [2.05, 4.69) is 0 Å². The topological polar surface area (TPSA) is 55.8 Å². The Balaban J connectivity index is 1.71. The zero-order chi connectivity index (χ0) is 24.2. The third kappa shape index (κ3) is 7.27. The molecule has 178 valence electrons. The van der Waals surface area contributed by atoms with Crippen molar-refractivity contribution in [2.75, 3.05) is 0 Å². The average molecular weight is 479 g/mol. The monoisotopic (exact) mass is 478 g/mol. The van der Waals surface area contributed by atoms with E-state index in [0.717, 1.165) is 11.1 Å². The molecule has 1 N–H and O–H groups in total. The second-order valence-electron chi connectivity index (χ2n) is 9.30. The van der Waals surface area contributed by atoms with E-state index in [4.69, 9.17) is 21.1 Å². The highest BCUT2D eigenvalue weighted by Crippen LogP contribution is 2.36. The number of carbonyl (C=O) groups excluding carboxylic acids is 1. The van der Waals surface area contributed by atoms with Crippen molar-refractivity contribution in [3.05, 3.63) is 75.8 Å². The van der Waals surface area contributed by atoms with E-state index >= 15 is 0 Å². The van der Waals surface area contributed by atoms with Crippen molar-refractivity contribution in [2.45, 2.75) is 70.7 Å². The van der Waals surface area contributed by atoms with Crippen LogP contribution in [0.3, 0.4) is 0 Å². The number of ether oxygens (including phenoxy) is 2. The van der Waals surface area contributed by atoms with E-state index in [1.807, 2.05) is 20.8 Å². The largest absolute Gasteiger partial charge is 0.486 e. The summed E-state index contributed by atoms with van der Waals surface area (Å²) in [5.74, 6) is -1.74. The fourth-order valence-corrected chi connectivity index (χ4v) is 4.04. The number of esters is 1. The minimum atomic E-state index is -0.651. The zero-order valence-electron chi connectivity index (χ0n) is 19.0. The van der Waals surface area contributed by atoms with Crippen LogP contribution in [0.4, 0.5) is 8.78 Å². The van der Waals surface area contributed by atoms with Crippen molar-refractivity contribution in [1.82, 2.24) is 0 Å². The molecule has 0 amide bonds. The van der Waals surface area contributed by atoms with E-state index in [-0.39, 0.29) is 28.9 Å². The maximum absolute atomic E-state index is 14.4. The molecule has 0 spiro atoms. The van der Waals surface area contributed by atoms with E-state index in [1.54, 1.807) is 18.2 Å². The fourth-order valence-electron chi connectivity index (χ4n) is 3.88. The molecule has 0 radical (unpaired) electrons. The summed E-state index contributed by atoms with van der Waals surface area (Å²) in [7, 11) is 0. The van der Waals surface area contributed by atoms with Gasteiger partial charge in [-0.25, -0.2) is 13.6 Å². The molecule has 1 saturated carbocycles. The molecule has 2 atom stereocenters. The van der Waals surface area contributed by atoms with Gasteiger partial charge in [0.1, 0.15) is 18.0 Å². The average Bonchev–Trinajstić information content (AvgIpc) is 2.89. The number of halogens is 3. The molecule has 0 saturated heterocycles. The Bertz CT molecular complexity index is 1030. The van der Waals surface area contributed by atoms with Crippen LogP contribution in [0, 0.1) is 11.6 Å². The van der Waals surface area contributed by atoms with Crippen molar-refractivity contribution in [3.63, 3.8) is 0 Å². The van der Waals surface area contributed by atoms with Crippen LogP contribution in [0.1, 0.15) is 63.5 Å². The number of hydrogen-bond acceptors (Lipinski definition) is 4. The third-order valence-corrected chi connectivity index (χ3v) is 5.75. The van der Waals surface area contributed by atoms with E-state index in [9.17, 15) is 18.7 Å². The molecule has 2 aromatic carbocycles. The van der Waals surface area contributed by atoms with Gasteiger partial charge >= 0.3 is 5.97 Å². The number of aliphatic hydroxyl groups is 1. The summed E-state index contributed by atoms with van der Waals surface area (Å²) in [4.78, 5) is 12.1. The molecule has 1 aliphatic carbocycles. The summed E-state index contributed by atoms with van der Waals surface area (Å²) in [5.41, 5.74) is 1.34. The normalized spacial score (nSPS) is 20.4. The first-order valence-electron chi connectivity index (χ1n) is 11.0. The molecule has 1 fully saturated rings. The third-order valence-electron chi connectivity index (χ3n) is 5.51. The molecule has 1 aliphatic rings. The fraction of sp³-hybridized carbons (Fsp3) is 0.423. The van der Waals surface area contributed by atoms with Gasteiger partial charge in [-0.1, -0.05) is 29.3 Å². The standard InChI is InChI=1S/C26H29ClF2O4/c1-26(2,3)33-25(31)12-16-4-9-20(23(30)11-5-16)17-7-10-21(28)24(13-17)32-15-18-6-8-19(27)14-22(18)29/h6-8,10,12-14,20,23,30H,4-5,9,11,15H2,1-3H3/b16-12+. The number of hydrogen-bond donors (Lipinski definition) is 1. The van der Waals surface area contributed by atoms with E-state index < -0.39 is 29.3 Å². The van der Waals surface area contributed by atoms with Crippen molar-refractivity contribution < 1.29 is 28.2 Å². The van der Waals surface area contributed by atoms with Crippen molar-refractivity contribution >= 4 is 17.6 Å². The molecule has 7 heteroatoms. The van der Waals surface area contributed by atoms with Gasteiger partial charge in [0.25, 0.3) is 0 Å². The number of carbonyl (C=O) groups is 1. The molecule has 2 aromatic rings. The van der Waals surface area contributed by atoms with E-state index in [1.165, 1.54) is 24.3 Å². The molecule has 0 heterocycles. The van der Waals surface area contributed by atoms with Gasteiger partial charge in [-0.3, -0.25) is 0 Å². The van der Waals surface area contributed by atoms with Crippen LogP contribution in [-0.4, -0.2) is 22.8 Å². The van der Waals surface area contributed by atoms with Gasteiger partial charge in [0, 0.05) is 22.6 Å². The first kappa shape index (κ1) is 25.2. The Morgan fingerprint density at radius 3 is 2.55 bits per heavy atom. The summed E-state index contributed by atoms with van der Waals surface area (Å²) in [6, 6.07) is 8.68. The summed E-state index contributed by atoms with van der Waals surface area (Å²) in [6.07, 6.45) is 3.12. The smallest absolute Gasteiger partial charge is 0.331 e. The van der Waals surface area contributed by atoms with Crippen molar-refractivity contribution in [3.8, 4) is 5.75 Å². The highest BCUT2D eigenvalue weighted by molar-refractivity contribution is 6.30. The van der Waals surface area contributed by atoms with E-state index in [0.29, 0.717) is 25.7 Å². The van der Waals surface area contributed by atoms with Gasteiger partial charge in [-0.2, -0.15) is 0 Å². The Morgan fingerprint density at radius 2 is 1.85 bits per heavy atom. The van der Waals surface area contributed by atoms with Crippen LogP contribution in [0.2, 0.25) is 5.02 Å². The van der Waals surface area contributed by atoms with Crippen molar-refractivity contribution in [1.29, 1.82) is 0 Å². The molecule has 0 bridgehead atoms. The molecule has 0 aliphatic heterocycles. The quantitative estimate of drug-likeness (QED) is 0.303. The first-order valence-corrected chi connectivity index (χ1v) is 11.4. The summed E-state index contributed by atoms with van der Waals surface area (Å²) in [6.45, 7) is 5.28. The van der Waals surface area contributed by atoms with Crippen LogP contribution in [-0.2, 0) is 16.1 Å². The predicted octanol–water partition coefficient (Wildman–Crippen LogP) is 6.48. The summed E-state index contributed by atoms with van der Waals surface area (Å²) < 4.78 is 39.3. The van der Waals surface area contributed by atoms with Gasteiger partial charge in [-0.15, -0.1) is 0 Å². The lowest BCUT2D eigenvalue weighted by molar-refractivity contribution is -0.148. The second kappa shape index (κ2) is 10.7. The lowest BCUT2D eigenvalue weighted by Gasteiger charge is -2.21. The minimum Gasteiger partial charge on any atom is -0.486 e. The molecule has 2 unspecified atom stereocenters. The Kier molecular flexibility index (Phi) is 8.14. The number of rotatable bonds is 5. The van der Waals surface area contributed by atoms with Crippen LogP contribution < -0.4 is 4.74 Å². The maximum atomic E-state index is 14.4. The molecule has 33 heavy (non-hydrogen) atoms. The molecule has 3 rings (SSSR count). The van der Waals surface area contributed by atoms with Crippen LogP contribution >= 0.6 is 11.6 Å². The second-order valence-corrected chi connectivity index (χ2v) is 9.74. The van der Waals surface area contributed by atoms with Crippen LogP contribution in [0.5, 0.6) is 5.75 Å². The van der Waals surface area contributed by atoms with Crippen LogP contribution in [0.15, 0.2) is 48.0 Å². The number of aliphatic hydroxyl groups excluding tert-OH is 1. The number of allylic oxidation sites excluding steroid dienone is 1. The van der Waals surface area contributed by atoms with Gasteiger partial charge in [0.15, 0.2) is 11.6 Å².